The van der Waals surface area contributed by atoms with E-state index in [1.807, 2.05) is 68.4 Å². The third-order valence-electron chi connectivity index (χ3n) is 4.23. The van der Waals surface area contributed by atoms with Crippen LogP contribution >= 0.6 is 11.8 Å². The Kier molecular flexibility index (Phi) is 8.21. The second kappa shape index (κ2) is 11.3. The first-order chi connectivity index (χ1) is 14.6. The van der Waals surface area contributed by atoms with Gasteiger partial charge in [0.05, 0.1) is 12.7 Å². The molecule has 0 aliphatic carbocycles. The number of hydrogen-bond donors (Lipinski definition) is 1. The number of thioether (sulfide) groups is 1. The van der Waals surface area contributed by atoms with Gasteiger partial charge in [-0.1, -0.05) is 30.3 Å². The summed E-state index contributed by atoms with van der Waals surface area (Å²) in [4.78, 5) is 13.6. The first kappa shape index (κ1) is 21.8. The van der Waals surface area contributed by atoms with Gasteiger partial charge in [-0.15, -0.1) is 11.8 Å². The summed E-state index contributed by atoms with van der Waals surface area (Å²) in [6.07, 6.45) is 0.144. The molecule has 0 saturated heterocycles. The highest BCUT2D eigenvalue weighted by Crippen LogP contribution is 2.18. The Bertz CT molecular complexity index is 909. The minimum atomic E-state index is -0.108. The van der Waals surface area contributed by atoms with Crippen molar-refractivity contribution >= 4 is 17.7 Å². The Morgan fingerprint density at radius 3 is 2.23 bits per heavy atom. The van der Waals surface area contributed by atoms with Crippen molar-refractivity contribution in [2.75, 3.05) is 12.4 Å². The van der Waals surface area contributed by atoms with Crippen LogP contribution in [0.15, 0.2) is 83.8 Å². The fraction of sp³-hybridized carbons (Fsp3) is 0.240. The predicted octanol–water partition coefficient (Wildman–Crippen LogP) is 5.57. The average molecular weight is 422 g/mol. The van der Waals surface area contributed by atoms with Gasteiger partial charge in [0, 0.05) is 22.8 Å². The van der Waals surface area contributed by atoms with Crippen LogP contribution in [0.25, 0.3) is 0 Å². The zero-order chi connectivity index (χ0) is 21.2. The normalized spacial score (nSPS) is 10.6. The minimum Gasteiger partial charge on any atom is -0.493 e. The van der Waals surface area contributed by atoms with E-state index in [-0.39, 0.29) is 12.0 Å². The van der Waals surface area contributed by atoms with Gasteiger partial charge in [0.1, 0.15) is 11.5 Å². The van der Waals surface area contributed by atoms with Crippen molar-refractivity contribution in [3.63, 3.8) is 0 Å². The molecule has 0 spiro atoms. The number of nitrogens with one attached hydrogen (secondary N) is 1. The van der Waals surface area contributed by atoms with Gasteiger partial charge in [-0.2, -0.15) is 0 Å². The summed E-state index contributed by atoms with van der Waals surface area (Å²) >= 11 is 1.76. The van der Waals surface area contributed by atoms with E-state index in [1.165, 1.54) is 4.90 Å². The maximum Gasteiger partial charge on any atom is 0.251 e. The van der Waals surface area contributed by atoms with Crippen molar-refractivity contribution in [3.8, 4) is 11.5 Å². The van der Waals surface area contributed by atoms with Crippen LogP contribution in [0, 0.1) is 0 Å². The Morgan fingerprint density at radius 1 is 0.900 bits per heavy atom. The highest BCUT2D eigenvalue weighted by Gasteiger charge is 2.06. The van der Waals surface area contributed by atoms with Gasteiger partial charge >= 0.3 is 0 Å². The number of hydrogen-bond acceptors (Lipinski definition) is 4. The van der Waals surface area contributed by atoms with Crippen LogP contribution < -0.4 is 14.8 Å². The lowest BCUT2D eigenvalue weighted by atomic mass is 10.2. The average Bonchev–Trinajstić information content (AvgIpc) is 2.77. The summed E-state index contributed by atoms with van der Waals surface area (Å²) in [7, 11) is 0. The number of amides is 1. The molecule has 3 aromatic carbocycles. The number of benzene rings is 3. The smallest absolute Gasteiger partial charge is 0.251 e. The summed E-state index contributed by atoms with van der Waals surface area (Å²) < 4.78 is 11.4. The van der Waals surface area contributed by atoms with E-state index in [2.05, 4.69) is 17.4 Å². The van der Waals surface area contributed by atoms with E-state index in [9.17, 15) is 4.79 Å². The van der Waals surface area contributed by atoms with E-state index in [1.54, 1.807) is 23.9 Å². The monoisotopic (exact) mass is 421 g/mol. The van der Waals surface area contributed by atoms with Gasteiger partial charge in [-0.3, -0.25) is 4.79 Å². The molecule has 0 unspecified atom stereocenters. The summed E-state index contributed by atoms with van der Waals surface area (Å²) in [5.74, 6) is 2.36. The molecule has 0 fully saturated rings. The third-order valence-corrected chi connectivity index (χ3v) is 5.20. The van der Waals surface area contributed by atoms with E-state index in [0.29, 0.717) is 18.7 Å². The van der Waals surface area contributed by atoms with Crippen LogP contribution in [-0.4, -0.2) is 24.4 Å². The van der Waals surface area contributed by atoms with Crippen LogP contribution in [0.1, 0.15) is 29.8 Å². The zero-order valence-electron chi connectivity index (χ0n) is 17.3. The fourth-order valence-corrected chi connectivity index (χ4v) is 3.53. The van der Waals surface area contributed by atoms with Crippen LogP contribution in [-0.2, 0) is 6.54 Å². The Hall–Kier alpha value is -2.92. The van der Waals surface area contributed by atoms with Crippen LogP contribution in [0.3, 0.4) is 0 Å². The number of carbonyl (C=O) groups is 1. The van der Waals surface area contributed by atoms with Crippen molar-refractivity contribution in [2.24, 2.45) is 0 Å². The van der Waals surface area contributed by atoms with Crippen LogP contribution in [0.2, 0.25) is 0 Å². The molecular weight excluding hydrogens is 394 g/mol. The lowest BCUT2D eigenvalue weighted by Gasteiger charge is -2.11. The topological polar surface area (TPSA) is 47.6 Å². The molecule has 30 heavy (non-hydrogen) atoms. The van der Waals surface area contributed by atoms with Crippen LogP contribution in [0.5, 0.6) is 11.5 Å². The first-order valence-corrected chi connectivity index (χ1v) is 11.0. The van der Waals surface area contributed by atoms with E-state index in [4.69, 9.17) is 9.47 Å². The van der Waals surface area contributed by atoms with E-state index >= 15 is 0 Å². The van der Waals surface area contributed by atoms with Gasteiger partial charge in [-0.05, 0) is 67.9 Å². The van der Waals surface area contributed by atoms with E-state index < -0.39 is 0 Å². The van der Waals surface area contributed by atoms with Gasteiger partial charge in [0.15, 0.2) is 0 Å². The molecule has 0 atom stereocenters. The first-order valence-electron chi connectivity index (χ1n) is 10.0. The van der Waals surface area contributed by atoms with Crippen molar-refractivity contribution in [3.05, 3.63) is 90.0 Å². The van der Waals surface area contributed by atoms with Crippen molar-refractivity contribution in [1.29, 1.82) is 0 Å². The molecular formula is C25H27NO3S. The largest absolute Gasteiger partial charge is 0.493 e. The SMILES string of the molecule is CC(C)Oc1ccc(CNC(=O)c2ccc(OCCSc3ccccc3)cc2)cc1. The molecule has 0 aliphatic heterocycles. The Balaban J connectivity index is 1.41. The molecule has 3 rings (SSSR count). The molecule has 0 heterocycles. The molecule has 1 amide bonds. The molecule has 0 radical (unpaired) electrons. The van der Waals surface area contributed by atoms with E-state index in [0.717, 1.165) is 22.8 Å². The zero-order valence-corrected chi connectivity index (χ0v) is 18.2. The summed E-state index contributed by atoms with van der Waals surface area (Å²) in [5.41, 5.74) is 1.64. The quantitative estimate of drug-likeness (QED) is 0.343. The van der Waals surface area contributed by atoms with Crippen molar-refractivity contribution in [2.45, 2.75) is 31.4 Å². The van der Waals surface area contributed by atoms with Crippen molar-refractivity contribution in [1.82, 2.24) is 5.32 Å². The summed E-state index contributed by atoms with van der Waals surface area (Å²) in [6, 6.07) is 25.3. The third kappa shape index (κ3) is 7.16. The maximum absolute atomic E-state index is 12.4. The lowest BCUT2D eigenvalue weighted by molar-refractivity contribution is 0.0951. The second-order valence-electron chi connectivity index (χ2n) is 7.03. The summed E-state index contributed by atoms with van der Waals surface area (Å²) in [6.45, 7) is 5.07. The molecule has 3 aromatic rings. The van der Waals surface area contributed by atoms with Gasteiger partial charge in [0.25, 0.3) is 5.91 Å². The fourth-order valence-electron chi connectivity index (χ4n) is 2.78. The second-order valence-corrected chi connectivity index (χ2v) is 8.20. The van der Waals surface area contributed by atoms with Gasteiger partial charge in [0.2, 0.25) is 0 Å². The number of rotatable bonds is 10. The molecule has 0 bridgehead atoms. The van der Waals surface area contributed by atoms with Gasteiger partial charge in [-0.25, -0.2) is 0 Å². The maximum atomic E-state index is 12.4. The van der Waals surface area contributed by atoms with Gasteiger partial charge < -0.3 is 14.8 Å². The van der Waals surface area contributed by atoms with Crippen molar-refractivity contribution < 1.29 is 14.3 Å². The Morgan fingerprint density at radius 2 is 1.57 bits per heavy atom. The standard InChI is InChI=1S/C25H27NO3S/c1-19(2)29-23-12-8-20(9-13-23)18-26-25(27)21-10-14-22(15-11-21)28-16-17-30-24-6-4-3-5-7-24/h3-15,19H,16-18H2,1-2H3,(H,26,27). The molecule has 0 saturated carbocycles. The highest BCUT2D eigenvalue weighted by atomic mass is 32.2. The molecule has 5 heteroatoms. The lowest BCUT2D eigenvalue weighted by Crippen LogP contribution is -2.22. The summed E-state index contributed by atoms with van der Waals surface area (Å²) in [5, 5.41) is 2.94. The molecule has 0 aliphatic rings. The van der Waals surface area contributed by atoms with Crippen LogP contribution in [0.4, 0.5) is 0 Å². The molecule has 4 nitrogen and oxygen atoms in total. The Labute approximate surface area is 182 Å². The molecule has 0 aromatic heterocycles. The predicted molar refractivity (Wildman–Crippen MR) is 122 cm³/mol. The number of ether oxygens (including phenoxy) is 2. The minimum absolute atomic E-state index is 0.108. The highest BCUT2D eigenvalue weighted by molar-refractivity contribution is 7.99. The number of carbonyl (C=O) groups excluding carboxylic acids is 1. The molecule has 1 N–H and O–H groups in total. The molecule has 156 valence electrons.